The maximum absolute atomic E-state index is 14.5. The number of carbonyl (C=O) groups excluding carboxylic acids is 2. The lowest BCUT2D eigenvalue weighted by atomic mass is 10.0. The molecule has 0 radical (unpaired) electrons. The van der Waals surface area contributed by atoms with E-state index in [1.54, 1.807) is 12.1 Å². The standard InChI is InChI=1S/C34H28F2O5/c1-20(2)33(37)40-31-14-11-26(17-28(31)35)24-8-6-23(7-9-24)19-39-30-13-10-25(16-22(30)5)27-12-15-32(29(36)18-27)41-34(38)21(3)4/h6-18H,1,3,19H2,2,4-5H3. The molecule has 208 valence electrons. The van der Waals surface area contributed by atoms with E-state index in [9.17, 15) is 18.4 Å². The molecule has 0 aliphatic heterocycles. The highest BCUT2D eigenvalue weighted by atomic mass is 19.1. The quantitative estimate of drug-likeness (QED) is 0.119. The number of hydrogen-bond acceptors (Lipinski definition) is 5. The van der Waals surface area contributed by atoms with Crippen molar-refractivity contribution in [2.45, 2.75) is 27.4 Å². The van der Waals surface area contributed by atoms with Crippen molar-refractivity contribution >= 4 is 11.9 Å². The molecule has 5 nitrogen and oxygen atoms in total. The summed E-state index contributed by atoms with van der Waals surface area (Å²) in [6, 6.07) is 21.8. The Labute approximate surface area is 237 Å². The lowest BCUT2D eigenvalue weighted by Gasteiger charge is -2.12. The molecular formula is C34H28F2O5. The first-order valence-corrected chi connectivity index (χ1v) is 12.7. The van der Waals surface area contributed by atoms with E-state index in [1.165, 1.54) is 38.1 Å². The van der Waals surface area contributed by atoms with Crippen molar-refractivity contribution in [2.75, 3.05) is 0 Å². The van der Waals surface area contributed by atoms with E-state index in [4.69, 9.17) is 14.2 Å². The highest BCUT2D eigenvalue weighted by molar-refractivity contribution is 5.89. The van der Waals surface area contributed by atoms with Crippen molar-refractivity contribution in [3.63, 3.8) is 0 Å². The fourth-order valence-corrected chi connectivity index (χ4v) is 3.85. The number of halogens is 2. The molecular weight excluding hydrogens is 526 g/mol. The summed E-state index contributed by atoms with van der Waals surface area (Å²) in [6.45, 7) is 12.2. The minimum absolute atomic E-state index is 0.153. The van der Waals surface area contributed by atoms with Gasteiger partial charge in [-0.15, -0.1) is 0 Å². The molecule has 4 aromatic carbocycles. The lowest BCUT2D eigenvalue weighted by Crippen LogP contribution is -2.09. The van der Waals surface area contributed by atoms with Crippen LogP contribution < -0.4 is 14.2 Å². The second kappa shape index (κ2) is 12.4. The summed E-state index contributed by atoms with van der Waals surface area (Å²) in [7, 11) is 0. The Kier molecular flexibility index (Phi) is 8.78. The van der Waals surface area contributed by atoms with Gasteiger partial charge >= 0.3 is 11.9 Å². The Morgan fingerprint density at radius 3 is 1.49 bits per heavy atom. The predicted octanol–water partition coefficient (Wildman–Crippen LogP) is 8.15. The molecule has 4 rings (SSSR count). The number of esters is 2. The van der Waals surface area contributed by atoms with Crippen LogP contribution in [-0.4, -0.2) is 11.9 Å². The van der Waals surface area contributed by atoms with E-state index in [0.717, 1.165) is 22.3 Å². The molecule has 7 heteroatoms. The van der Waals surface area contributed by atoms with Crippen LogP contribution in [0.15, 0.2) is 103 Å². The first kappa shape index (κ1) is 29.0. The Bertz CT molecular complexity index is 1650. The summed E-state index contributed by atoms with van der Waals surface area (Å²) < 4.78 is 45.0. The first-order chi connectivity index (χ1) is 19.5. The minimum atomic E-state index is -0.685. The minimum Gasteiger partial charge on any atom is -0.489 e. The van der Waals surface area contributed by atoms with Gasteiger partial charge in [-0.05, 0) is 90.6 Å². The predicted molar refractivity (Wildman–Crippen MR) is 154 cm³/mol. The average Bonchev–Trinajstić information content (AvgIpc) is 2.94. The van der Waals surface area contributed by atoms with Gasteiger partial charge in [0.15, 0.2) is 23.1 Å². The number of carbonyl (C=O) groups is 2. The zero-order valence-corrected chi connectivity index (χ0v) is 22.9. The van der Waals surface area contributed by atoms with Crippen molar-refractivity contribution in [3.8, 4) is 39.5 Å². The van der Waals surface area contributed by atoms with Gasteiger partial charge in [-0.3, -0.25) is 0 Å². The van der Waals surface area contributed by atoms with Gasteiger partial charge in [0, 0.05) is 11.1 Å². The Morgan fingerprint density at radius 1 is 0.634 bits per heavy atom. The molecule has 0 saturated heterocycles. The van der Waals surface area contributed by atoms with Crippen LogP contribution in [0, 0.1) is 18.6 Å². The van der Waals surface area contributed by atoms with Crippen LogP contribution in [0.4, 0.5) is 8.78 Å². The van der Waals surface area contributed by atoms with Crippen molar-refractivity contribution in [1.82, 2.24) is 0 Å². The number of ether oxygens (including phenoxy) is 3. The molecule has 0 spiro atoms. The second-order valence-electron chi connectivity index (χ2n) is 9.60. The van der Waals surface area contributed by atoms with E-state index in [1.807, 2.05) is 49.4 Å². The zero-order valence-electron chi connectivity index (χ0n) is 22.9. The third-order valence-electron chi connectivity index (χ3n) is 6.16. The van der Waals surface area contributed by atoms with Gasteiger partial charge in [-0.2, -0.15) is 0 Å². The SMILES string of the molecule is C=C(C)C(=O)Oc1ccc(-c2ccc(COc3ccc(-c4ccc(OC(=O)C(=C)C)c(F)c4)cc3C)cc2)cc1F. The van der Waals surface area contributed by atoms with Gasteiger partial charge in [-0.1, -0.05) is 55.6 Å². The third kappa shape index (κ3) is 7.13. The maximum atomic E-state index is 14.5. The molecule has 0 fully saturated rings. The molecule has 4 aromatic rings. The lowest BCUT2D eigenvalue weighted by molar-refractivity contribution is -0.131. The van der Waals surface area contributed by atoms with Gasteiger partial charge in [0.25, 0.3) is 0 Å². The summed E-state index contributed by atoms with van der Waals surface area (Å²) in [5, 5.41) is 0. The number of benzene rings is 4. The molecule has 0 heterocycles. The molecule has 41 heavy (non-hydrogen) atoms. The van der Waals surface area contributed by atoms with Gasteiger partial charge in [-0.25, -0.2) is 18.4 Å². The number of aryl methyl sites for hydroxylation is 1. The van der Waals surface area contributed by atoms with Crippen molar-refractivity contribution in [2.24, 2.45) is 0 Å². The second-order valence-corrected chi connectivity index (χ2v) is 9.60. The largest absolute Gasteiger partial charge is 0.489 e. The van der Waals surface area contributed by atoms with Crippen LogP contribution in [0.2, 0.25) is 0 Å². The summed E-state index contributed by atoms with van der Waals surface area (Å²) in [6.07, 6.45) is 0. The molecule has 0 aromatic heterocycles. The van der Waals surface area contributed by atoms with Crippen LogP contribution >= 0.6 is 0 Å². The van der Waals surface area contributed by atoms with E-state index in [2.05, 4.69) is 13.2 Å². The van der Waals surface area contributed by atoms with E-state index in [-0.39, 0.29) is 22.6 Å². The first-order valence-electron chi connectivity index (χ1n) is 12.7. The summed E-state index contributed by atoms with van der Waals surface area (Å²) >= 11 is 0. The average molecular weight is 555 g/mol. The van der Waals surface area contributed by atoms with Crippen LogP contribution in [0.3, 0.4) is 0 Å². The van der Waals surface area contributed by atoms with Crippen LogP contribution in [0.1, 0.15) is 25.0 Å². The summed E-state index contributed by atoms with van der Waals surface area (Å²) in [4.78, 5) is 23.3. The monoisotopic (exact) mass is 554 g/mol. The van der Waals surface area contributed by atoms with Gasteiger partial charge in [0.05, 0.1) is 0 Å². The van der Waals surface area contributed by atoms with Crippen molar-refractivity contribution in [3.05, 3.63) is 126 Å². The van der Waals surface area contributed by atoms with Crippen LogP contribution in [-0.2, 0) is 16.2 Å². The molecule has 0 aliphatic carbocycles. The van der Waals surface area contributed by atoms with Crippen LogP contribution in [0.25, 0.3) is 22.3 Å². The van der Waals surface area contributed by atoms with Gasteiger partial charge in [0.1, 0.15) is 12.4 Å². The smallest absolute Gasteiger partial charge is 0.338 e. The highest BCUT2D eigenvalue weighted by Crippen LogP contribution is 2.31. The van der Waals surface area contributed by atoms with Gasteiger partial charge in [0.2, 0.25) is 0 Å². The van der Waals surface area contributed by atoms with Crippen molar-refractivity contribution < 1.29 is 32.6 Å². The van der Waals surface area contributed by atoms with E-state index >= 15 is 0 Å². The third-order valence-corrected chi connectivity index (χ3v) is 6.16. The fraction of sp³-hybridized carbons (Fsp3) is 0.118. The topological polar surface area (TPSA) is 61.8 Å². The maximum Gasteiger partial charge on any atom is 0.338 e. The molecule has 0 bridgehead atoms. The van der Waals surface area contributed by atoms with E-state index < -0.39 is 23.6 Å². The molecule has 0 saturated carbocycles. The zero-order chi connectivity index (χ0) is 29.7. The molecule has 0 aliphatic rings. The van der Waals surface area contributed by atoms with E-state index in [0.29, 0.717) is 23.5 Å². The van der Waals surface area contributed by atoms with Crippen LogP contribution in [0.5, 0.6) is 17.2 Å². The molecule has 0 unspecified atom stereocenters. The van der Waals surface area contributed by atoms with Crippen molar-refractivity contribution in [1.29, 1.82) is 0 Å². The Balaban J connectivity index is 1.40. The Morgan fingerprint density at radius 2 is 1.05 bits per heavy atom. The number of rotatable bonds is 9. The summed E-state index contributed by atoms with van der Waals surface area (Å²) in [5.74, 6) is -2.30. The number of hydrogen-bond donors (Lipinski definition) is 0. The summed E-state index contributed by atoms with van der Waals surface area (Å²) in [5.41, 5.74) is 4.97. The molecule has 0 N–H and O–H groups in total. The highest BCUT2D eigenvalue weighted by Gasteiger charge is 2.13. The Hall–Kier alpha value is -5.04. The molecule has 0 atom stereocenters. The normalized spacial score (nSPS) is 10.6. The molecule has 0 amide bonds. The fourth-order valence-electron chi connectivity index (χ4n) is 3.85. The van der Waals surface area contributed by atoms with Gasteiger partial charge < -0.3 is 14.2 Å².